The lowest BCUT2D eigenvalue weighted by Crippen LogP contribution is -2.13. The van der Waals surface area contributed by atoms with Crippen LogP contribution < -0.4 is 5.32 Å². The zero-order valence-electron chi connectivity index (χ0n) is 12.4. The summed E-state index contributed by atoms with van der Waals surface area (Å²) in [5.41, 5.74) is 3.13. The molecule has 2 aromatic heterocycles. The van der Waals surface area contributed by atoms with Gasteiger partial charge in [-0.3, -0.25) is 4.68 Å². The van der Waals surface area contributed by atoms with Crippen LogP contribution in [0.4, 0.5) is 5.69 Å². The summed E-state index contributed by atoms with van der Waals surface area (Å²) >= 11 is 5.98. The van der Waals surface area contributed by atoms with Crippen LogP contribution >= 0.6 is 11.6 Å². The van der Waals surface area contributed by atoms with Crippen molar-refractivity contribution in [3.63, 3.8) is 0 Å². The average Bonchev–Trinajstić information content (AvgIpc) is 3.00. The van der Waals surface area contributed by atoms with E-state index >= 15 is 0 Å². The number of aryl methyl sites for hydroxylation is 1. The molecule has 1 atom stereocenters. The highest BCUT2D eigenvalue weighted by Gasteiger charge is 2.17. The monoisotopic (exact) mass is 323 g/mol. The summed E-state index contributed by atoms with van der Waals surface area (Å²) in [6.45, 7) is 0. The number of rotatable bonds is 4. The third-order valence-electron chi connectivity index (χ3n) is 3.42. The number of hydrogen-bond acceptors (Lipinski definition) is 4. The summed E-state index contributed by atoms with van der Waals surface area (Å²) in [6, 6.07) is 15.0. The van der Waals surface area contributed by atoms with Crippen LogP contribution in [0.1, 0.15) is 23.0 Å². The number of halogens is 1. The first-order valence-electron chi connectivity index (χ1n) is 7.03. The van der Waals surface area contributed by atoms with E-state index < -0.39 is 0 Å². The predicted octanol–water partition coefficient (Wildman–Crippen LogP) is 3.54. The van der Waals surface area contributed by atoms with Crippen LogP contribution in [-0.4, -0.2) is 14.8 Å². The molecule has 5 nitrogen and oxygen atoms in total. The number of nitriles is 1. The molecule has 0 radical (unpaired) electrons. The van der Waals surface area contributed by atoms with Gasteiger partial charge in [-0.25, -0.2) is 4.98 Å². The molecule has 1 aromatic carbocycles. The lowest BCUT2D eigenvalue weighted by molar-refractivity contribution is 0.729. The molecule has 0 saturated carbocycles. The molecule has 0 aliphatic rings. The summed E-state index contributed by atoms with van der Waals surface area (Å²) in [4.78, 5) is 4.09. The second kappa shape index (κ2) is 6.51. The van der Waals surface area contributed by atoms with Crippen LogP contribution in [-0.2, 0) is 7.05 Å². The number of hydrogen-bond donors (Lipinski definition) is 1. The van der Waals surface area contributed by atoms with E-state index in [4.69, 9.17) is 16.9 Å². The lowest BCUT2D eigenvalue weighted by Gasteiger charge is -2.18. The van der Waals surface area contributed by atoms with Gasteiger partial charge in [0.05, 0.1) is 23.6 Å². The van der Waals surface area contributed by atoms with Gasteiger partial charge in [0.1, 0.15) is 11.8 Å². The maximum Gasteiger partial charge on any atom is 0.140 e. The average molecular weight is 324 g/mol. The Morgan fingerprint density at radius 3 is 2.52 bits per heavy atom. The Morgan fingerprint density at radius 1 is 1.17 bits per heavy atom. The van der Waals surface area contributed by atoms with E-state index in [0.717, 1.165) is 16.9 Å². The molecule has 23 heavy (non-hydrogen) atoms. The fourth-order valence-electron chi connectivity index (χ4n) is 2.28. The first-order chi connectivity index (χ1) is 11.2. The van der Waals surface area contributed by atoms with Gasteiger partial charge < -0.3 is 5.32 Å². The Bertz CT molecular complexity index is 831. The molecule has 2 heterocycles. The quantitative estimate of drug-likeness (QED) is 0.797. The molecule has 114 valence electrons. The lowest BCUT2D eigenvalue weighted by atomic mass is 10.0. The van der Waals surface area contributed by atoms with Crippen molar-refractivity contribution in [1.29, 1.82) is 5.26 Å². The smallest absolute Gasteiger partial charge is 0.140 e. The number of aromatic nitrogens is 3. The van der Waals surface area contributed by atoms with Crippen LogP contribution in [0.5, 0.6) is 0 Å². The van der Waals surface area contributed by atoms with Crippen molar-refractivity contribution in [2.24, 2.45) is 7.05 Å². The summed E-state index contributed by atoms with van der Waals surface area (Å²) in [7, 11) is 1.88. The normalized spacial score (nSPS) is 11.7. The zero-order chi connectivity index (χ0) is 16.2. The minimum atomic E-state index is -0.136. The predicted molar refractivity (Wildman–Crippen MR) is 89.1 cm³/mol. The molecule has 0 aliphatic carbocycles. The number of nitrogens with one attached hydrogen (secondary N) is 1. The number of anilines is 1. The van der Waals surface area contributed by atoms with Gasteiger partial charge >= 0.3 is 0 Å². The van der Waals surface area contributed by atoms with Gasteiger partial charge in [-0.05, 0) is 35.9 Å². The van der Waals surface area contributed by atoms with Crippen molar-refractivity contribution in [3.8, 4) is 6.07 Å². The summed E-state index contributed by atoms with van der Waals surface area (Å²) in [5, 5.41) is 17.4. The Labute approximate surface area is 139 Å². The molecule has 0 aliphatic heterocycles. The molecule has 0 bridgehead atoms. The van der Waals surface area contributed by atoms with E-state index in [0.29, 0.717) is 10.7 Å². The van der Waals surface area contributed by atoms with Crippen LogP contribution in [0.15, 0.2) is 54.9 Å². The van der Waals surface area contributed by atoms with Crippen molar-refractivity contribution < 1.29 is 0 Å². The largest absolute Gasteiger partial charge is 0.371 e. The Balaban J connectivity index is 1.94. The summed E-state index contributed by atoms with van der Waals surface area (Å²) in [6.07, 6.45) is 3.54. The number of pyridine rings is 1. The highest BCUT2D eigenvalue weighted by Crippen LogP contribution is 2.26. The van der Waals surface area contributed by atoms with Gasteiger partial charge in [-0.15, -0.1) is 0 Å². The standard InChI is InChI=1S/C17H14ClN5/c1-23-9-8-16(22-23)17(12-2-4-13(18)5-3-12)21-15-7-6-14(10-19)20-11-15/h2-9,11,17,21H,1H3/t17-/m1/s1. The molecular formula is C17H14ClN5. The SMILES string of the molecule is Cn1ccc([C@H](Nc2ccc(C#N)nc2)c2ccc(Cl)cc2)n1. The van der Waals surface area contributed by atoms with Crippen LogP contribution in [0.3, 0.4) is 0 Å². The number of benzene rings is 1. The van der Waals surface area contributed by atoms with Gasteiger partial charge in [-0.2, -0.15) is 10.4 Å². The highest BCUT2D eigenvalue weighted by atomic mass is 35.5. The van der Waals surface area contributed by atoms with Gasteiger partial charge in [0.25, 0.3) is 0 Å². The molecule has 3 rings (SSSR count). The van der Waals surface area contributed by atoms with Crippen molar-refractivity contribution in [2.45, 2.75) is 6.04 Å². The van der Waals surface area contributed by atoms with E-state index in [1.807, 2.05) is 55.7 Å². The van der Waals surface area contributed by atoms with Crippen LogP contribution in [0, 0.1) is 11.3 Å². The molecular weight excluding hydrogens is 310 g/mol. The molecule has 0 fully saturated rings. The second-order valence-electron chi connectivity index (χ2n) is 5.09. The second-order valence-corrected chi connectivity index (χ2v) is 5.52. The van der Waals surface area contributed by atoms with E-state index in [-0.39, 0.29) is 6.04 Å². The molecule has 3 aromatic rings. The van der Waals surface area contributed by atoms with E-state index in [1.165, 1.54) is 0 Å². The maximum atomic E-state index is 8.84. The molecule has 0 amide bonds. The van der Waals surface area contributed by atoms with Crippen molar-refractivity contribution in [2.75, 3.05) is 5.32 Å². The molecule has 0 saturated heterocycles. The third kappa shape index (κ3) is 3.50. The third-order valence-corrected chi connectivity index (χ3v) is 3.67. The first kappa shape index (κ1) is 15.1. The van der Waals surface area contributed by atoms with E-state index in [2.05, 4.69) is 15.4 Å². The summed E-state index contributed by atoms with van der Waals surface area (Å²) < 4.78 is 1.76. The fourth-order valence-corrected chi connectivity index (χ4v) is 2.41. The van der Waals surface area contributed by atoms with Gasteiger partial charge in [0, 0.05) is 18.3 Å². The Kier molecular flexibility index (Phi) is 4.26. The minimum Gasteiger partial charge on any atom is -0.371 e. The van der Waals surface area contributed by atoms with Crippen molar-refractivity contribution >= 4 is 17.3 Å². The maximum absolute atomic E-state index is 8.84. The van der Waals surface area contributed by atoms with Crippen LogP contribution in [0.2, 0.25) is 5.02 Å². The first-order valence-corrected chi connectivity index (χ1v) is 7.41. The molecule has 1 N–H and O–H groups in total. The van der Waals surface area contributed by atoms with E-state index in [9.17, 15) is 0 Å². The van der Waals surface area contributed by atoms with Gasteiger partial charge in [0.2, 0.25) is 0 Å². The van der Waals surface area contributed by atoms with Crippen LogP contribution in [0.25, 0.3) is 0 Å². The summed E-state index contributed by atoms with van der Waals surface area (Å²) in [5.74, 6) is 0. The van der Waals surface area contributed by atoms with Crippen molar-refractivity contribution in [1.82, 2.24) is 14.8 Å². The highest BCUT2D eigenvalue weighted by molar-refractivity contribution is 6.30. The van der Waals surface area contributed by atoms with Gasteiger partial charge in [-0.1, -0.05) is 23.7 Å². The Morgan fingerprint density at radius 2 is 1.96 bits per heavy atom. The topological polar surface area (TPSA) is 66.5 Å². The van der Waals surface area contributed by atoms with Crippen molar-refractivity contribution in [3.05, 3.63) is 76.8 Å². The van der Waals surface area contributed by atoms with E-state index in [1.54, 1.807) is 16.9 Å². The van der Waals surface area contributed by atoms with Gasteiger partial charge in [0.15, 0.2) is 0 Å². The Hall–Kier alpha value is -2.84. The number of nitrogens with zero attached hydrogens (tertiary/aromatic N) is 4. The fraction of sp³-hybridized carbons (Fsp3) is 0.118. The minimum absolute atomic E-state index is 0.136. The molecule has 0 unspecified atom stereocenters. The zero-order valence-corrected chi connectivity index (χ0v) is 13.2. The molecule has 6 heteroatoms. The molecule has 0 spiro atoms.